The predicted molar refractivity (Wildman–Crippen MR) is 77.5 cm³/mol. The molecular formula is C14H25N3O4. The molecule has 0 bridgehead atoms. The van der Waals surface area contributed by atoms with Crippen molar-refractivity contribution in [2.24, 2.45) is 17.1 Å². The molecule has 1 aliphatic rings. The van der Waals surface area contributed by atoms with E-state index in [1.165, 1.54) is 13.8 Å². The maximum absolute atomic E-state index is 11.8. The fourth-order valence-electron chi connectivity index (χ4n) is 2.42. The van der Waals surface area contributed by atoms with Crippen LogP contribution < -0.4 is 16.4 Å². The lowest BCUT2D eigenvalue weighted by Gasteiger charge is -2.36. The molecule has 0 aliphatic heterocycles. The fourth-order valence-corrected chi connectivity index (χ4v) is 2.42. The van der Waals surface area contributed by atoms with Crippen LogP contribution in [-0.4, -0.2) is 35.1 Å². The molecule has 0 atom stereocenters. The number of carbonyl (C=O) groups excluding carboxylic acids is 2. The first-order valence-corrected chi connectivity index (χ1v) is 7.18. The first-order chi connectivity index (χ1) is 9.59. The van der Waals surface area contributed by atoms with Gasteiger partial charge >= 0.3 is 12.0 Å². The zero-order valence-corrected chi connectivity index (χ0v) is 12.9. The van der Waals surface area contributed by atoms with Crippen LogP contribution in [0.15, 0.2) is 0 Å². The number of primary amides is 1. The number of carbonyl (C=O) groups is 3. The van der Waals surface area contributed by atoms with Crippen molar-refractivity contribution in [3.63, 3.8) is 0 Å². The van der Waals surface area contributed by atoms with Gasteiger partial charge in [-0.1, -0.05) is 6.92 Å². The molecule has 0 radical (unpaired) electrons. The maximum atomic E-state index is 11.8. The number of amides is 3. The molecule has 1 rings (SSSR count). The van der Waals surface area contributed by atoms with Gasteiger partial charge in [0.25, 0.3) is 0 Å². The van der Waals surface area contributed by atoms with Crippen LogP contribution in [0.1, 0.15) is 46.5 Å². The van der Waals surface area contributed by atoms with Crippen molar-refractivity contribution in [3.05, 3.63) is 0 Å². The highest BCUT2D eigenvalue weighted by Gasteiger charge is 2.41. The predicted octanol–water partition coefficient (Wildman–Crippen LogP) is 0.831. The number of rotatable bonds is 5. The third-order valence-corrected chi connectivity index (χ3v) is 4.31. The summed E-state index contributed by atoms with van der Waals surface area (Å²) >= 11 is 0. The Labute approximate surface area is 124 Å². The van der Waals surface area contributed by atoms with E-state index in [0.717, 1.165) is 12.8 Å². The second kappa shape index (κ2) is 6.32. The lowest BCUT2D eigenvalue weighted by Crippen LogP contribution is -2.57. The minimum Gasteiger partial charge on any atom is -0.481 e. The van der Waals surface area contributed by atoms with E-state index < -0.39 is 28.9 Å². The summed E-state index contributed by atoms with van der Waals surface area (Å²) in [5.74, 6) is -1.03. The molecule has 5 N–H and O–H groups in total. The summed E-state index contributed by atoms with van der Waals surface area (Å²) in [4.78, 5) is 34.5. The Morgan fingerprint density at radius 1 is 1.29 bits per heavy atom. The van der Waals surface area contributed by atoms with E-state index >= 15 is 0 Å². The van der Waals surface area contributed by atoms with Gasteiger partial charge in [0.05, 0.1) is 5.41 Å². The molecule has 0 aromatic rings. The Morgan fingerprint density at radius 2 is 1.81 bits per heavy atom. The highest BCUT2D eigenvalue weighted by molar-refractivity contribution is 5.89. The van der Waals surface area contributed by atoms with Crippen LogP contribution in [0.4, 0.5) is 4.79 Å². The molecule has 0 heterocycles. The molecule has 21 heavy (non-hydrogen) atoms. The smallest absolute Gasteiger partial charge is 0.315 e. The summed E-state index contributed by atoms with van der Waals surface area (Å²) in [6, 6.07) is -0.585. The normalized spacial score (nSPS) is 26.0. The van der Waals surface area contributed by atoms with Gasteiger partial charge in [0.1, 0.15) is 5.54 Å². The van der Waals surface area contributed by atoms with Gasteiger partial charge in [-0.3, -0.25) is 9.59 Å². The second-order valence-electron chi connectivity index (χ2n) is 6.56. The number of hydrogen-bond donors (Lipinski definition) is 4. The molecule has 0 aromatic carbocycles. The van der Waals surface area contributed by atoms with Gasteiger partial charge in [0.2, 0.25) is 5.91 Å². The zero-order valence-electron chi connectivity index (χ0n) is 12.9. The molecular weight excluding hydrogens is 274 g/mol. The highest BCUT2D eigenvalue weighted by atomic mass is 16.4. The molecule has 7 nitrogen and oxygen atoms in total. The molecule has 1 saturated carbocycles. The van der Waals surface area contributed by atoms with E-state index in [0.29, 0.717) is 18.8 Å². The summed E-state index contributed by atoms with van der Waals surface area (Å²) < 4.78 is 0. The number of carboxylic acid groups (broad SMARTS) is 1. The Bertz CT molecular complexity index is 426. The number of hydrogen-bond acceptors (Lipinski definition) is 3. The molecule has 1 aliphatic carbocycles. The van der Waals surface area contributed by atoms with E-state index in [4.69, 9.17) is 5.73 Å². The van der Waals surface area contributed by atoms with Gasteiger partial charge in [-0.05, 0) is 45.4 Å². The van der Waals surface area contributed by atoms with Crippen molar-refractivity contribution >= 4 is 17.9 Å². The lowest BCUT2D eigenvalue weighted by molar-refractivity contribution is -0.151. The Kier molecular flexibility index (Phi) is 5.20. The second-order valence-corrected chi connectivity index (χ2v) is 6.56. The van der Waals surface area contributed by atoms with Gasteiger partial charge in [0.15, 0.2) is 0 Å². The third-order valence-electron chi connectivity index (χ3n) is 4.31. The topological polar surface area (TPSA) is 122 Å². The van der Waals surface area contributed by atoms with Crippen molar-refractivity contribution in [1.82, 2.24) is 10.6 Å². The van der Waals surface area contributed by atoms with Gasteiger partial charge in [-0.25, -0.2) is 4.79 Å². The van der Waals surface area contributed by atoms with Gasteiger partial charge in [-0.2, -0.15) is 0 Å². The summed E-state index contributed by atoms with van der Waals surface area (Å²) in [5.41, 5.74) is 3.08. The van der Waals surface area contributed by atoms with Crippen molar-refractivity contribution in [1.29, 1.82) is 0 Å². The Balaban J connectivity index is 2.61. The largest absolute Gasteiger partial charge is 0.481 e. The minimum atomic E-state index is -1.18. The molecule has 0 aromatic heterocycles. The van der Waals surface area contributed by atoms with Crippen LogP contribution in [0.3, 0.4) is 0 Å². The van der Waals surface area contributed by atoms with E-state index in [2.05, 4.69) is 17.6 Å². The minimum absolute atomic E-state index is 0.0513. The summed E-state index contributed by atoms with van der Waals surface area (Å²) in [5, 5.41) is 14.5. The van der Waals surface area contributed by atoms with Crippen molar-refractivity contribution < 1.29 is 19.5 Å². The SMILES string of the molecule is CC1CCC(CNC(=O)NC(C)(C)C(N)=O)(C(=O)O)CC1. The molecule has 120 valence electrons. The highest BCUT2D eigenvalue weighted by Crippen LogP contribution is 2.38. The van der Waals surface area contributed by atoms with Crippen LogP contribution in [0.25, 0.3) is 0 Å². The number of aliphatic carboxylic acids is 1. The monoisotopic (exact) mass is 299 g/mol. The van der Waals surface area contributed by atoms with Crippen LogP contribution in [0.2, 0.25) is 0 Å². The van der Waals surface area contributed by atoms with Crippen LogP contribution >= 0.6 is 0 Å². The Hall–Kier alpha value is -1.79. The van der Waals surface area contributed by atoms with Crippen molar-refractivity contribution in [3.8, 4) is 0 Å². The first kappa shape index (κ1) is 17.3. The average molecular weight is 299 g/mol. The van der Waals surface area contributed by atoms with Crippen LogP contribution in [0.5, 0.6) is 0 Å². The van der Waals surface area contributed by atoms with E-state index in [-0.39, 0.29) is 6.54 Å². The Morgan fingerprint density at radius 3 is 2.24 bits per heavy atom. The lowest BCUT2D eigenvalue weighted by atomic mass is 9.71. The molecule has 3 amide bonds. The van der Waals surface area contributed by atoms with E-state index in [1.54, 1.807) is 0 Å². The molecule has 7 heteroatoms. The van der Waals surface area contributed by atoms with Crippen LogP contribution in [0, 0.1) is 11.3 Å². The van der Waals surface area contributed by atoms with Crippen molar-refractivity contribution in [2.75, 3.05) is 6.54 Å². The molecule has 0 saturated heterocycles. The van der Waals surface area contributed by atoms with E-state index in [9.17, 15) is 19.5 Å². The standard InChI is InChI=1S/C14H25N3O4/c1-9-4-6-14(7-5-9,11(19)20)8-16-12(21)17-13(2,3)10(15)18/h9H,4-8H2,1-3H3,(H2,15,18)(H,19,20)(H2,16,17,21). The maximum Gasteiger partial charge on any atom is 0.315 e. The summed E-state index contributed by atoms with van der Waals surface area (Å²) in [6.45, 7) is 5.13. The zero-order chi connectivity index (χ0) is 16.3. The molecule has 0 spiro atoms. The number of nitrogens with one attached hydrogen (secondary N) is 2. The quantitative estimate of drug-likeness (QED) is 0.600. The number of nitrogens with two attached hydrogens (primary N) is 1. The molecule has 0 unspecified atom stereocenters. The number of urea groups is 1. The first-order valence-electron chi connectivity index (χ1n) is 7.18. The van der Waals surface area contributed by atoms with Crippen LogP contribution in [-0.2, 0) is 9.59 Å². The number of carboxylic acids is 1. The summed E-state index contributed by atoms with van der Waals surface area (Å²) in [7, 11) is 0. The third kappa shape index (κ3) is 4.34. The summed E-state index contributed by atoms with van der Waals surface area (Å²) in [6.07, 6.45) is 2.76. The van der Waals surface area contributed by atoms with E-state index in [1.807, 2.05) is 0 Å². The van der Waals surface area contributed by atoms with Crippen molar-refractivity contribution in [2.45, 2.75) is 52.0 Å². The van der Waals surface area contributed by atoms with Gasteiger partial charge < -0.3 is 21.5 Å². The average Bonchev–Trinajstić information content (AvgIpc) is 2.37. The fraction of sp³-hybridized carbons (Fsp3) is 0.786. The molecule has 1 fully saturated rings. The van der Waals surface area contributed by atoms with Gasteiger partial charge in [0, 0.05) is 6.54 Å². The van der Waals surface area contributed by atoms with Gasteiger partial charge in [-0.15, -0.1) is 0 Å².